The molecule has 0 saturated heterocycles. The molecule has 0 spiro atoms. The molecule has 0 bridgehead atoms. The highest BCUT2D eigenvalue weighted by Crippen LogP contribution is 2.27. The summed E-state index contributed by atoms with van der Waals surface area (Å²) in [4.78, 5) is 19.1. The number of halogens is 2. The van der Waals surface area contributed by atoms with E-state index in [1.165, 1.54) is 12.8 Å². The molecule has 1 aliphatic rings. The fourth-order valence-corrected chi connectivity index (χ4v) is 2.08. The lowest BCUT2D eigenvalue weighted by molar-refractivity contribution is -0.115. The van der Waals surface area contributed by atoms with Crippen molar-refractivity contribution in [2.45, 2.75) is 12.8 Å². The summed E-state index contributed by atoms with van der Waals surface area (Å²) in [6, 6.07) is 7.66. The zero-order valence-electron chi connectivity index (χ0n) is 12.0. The Kier molecular flexibility index (Phi) is 7.38. The molecule has 3 N–H and O–H groups in total. The number of H-pyrrole nitrogens is 1. The average molecular weight is 343 g/mol. The molecule has 0 radical (unpaired) electrons. The van der Waals surface area contributed by atoms with E-state index < -0.39 is 0 Å². The second kappa shape index (κ2) is 8.78. The molecule has 2 aromatic rings. The van der Waals surface area contributed by atoms with Gasteiger partial charge < -0.3 is 15.6 Å². The predicted octanol–water partition coefficient (Wildman–Crippen LogP) is 2.86. The lowest BCUT2D eigenvalue weighted by atomic mass is 10.2. The molecule has 120 valence electrons. The smallest absolute Gasteiger partial charge is 0.238 e. The van der Waals surface area contributed by atoms with Crippen molar-refractivity contribution < 1.29 is 4.79 Å². The van der Waals surface area contributed by atoms with Crippen LogP contribution >= 0.6 is 24.8 Å². The minimum Gasteiger partial charge on any atom is -0.345 e. The molecule has 1 fully saturated rings. The number of hydrogen-bond donors (Lipinski definition) is 3. The molecule has 1 saturated carbocycles. The molecule has 1 aliphatic carbocycles. The van der Waals surface area contributed by atoms with Crippen molar-refractivity contribution in [2.24, 2.45) is 5.92 Å². The van der Waals surface area contributed by atoms with Gasteiger partial charge >= 0.3 is 0 Å². The van der Waals surface area contributed by atoms with Gasteiger partial charge in [0.25, 0.3) is 0 Å². The van der Waals surface area contributed by atoms with Crippen LogP contribution in [0.1, 0.15) is 12.8 Å². The minimum atomic E-state index is -0.0118. The zero-order valence-corrected chi connectivity index (χ0v) is 13.7. The fraction of sp³-hybridized carbons (Fsp3) is 0.333. The van der Waals surface area contributed by atoms with E-state index in [4.69, 9.17) is 0 Å². The van der Waals surface area contributed by atoms with E-state index in [-0.39, 0.29) is 30.7 Å². The monoisotopic (exact) mass is 342 g/mol. The van der Waals surface area contributed by atoms with Crippen molar-refractivity contribution in [1.82, 2.24) is 15.3 Å². The van der Waals surface area contributed by atoms with Gasteiger partial charge in [0.1, 0.15) is 5.82 Å². The lowest BCUT2D eigenvalue weighted by Gasteiger charge is -2.07. The number of benzene rings is 1. The third-order valence-corrected chi connectivity index (χ3v) is 3.33. The van der Waals surface area contributed by atoms with Crippen LogP contribution in [-0.4, -0.2) is 29.0 Å². The maximum Gasteiger partial charge on any atom is 0.238 e. The van der Waals surface area contributed by atoms with Gasteiger partial charge in [0.15, 0.2) is 0 Å². The Bertz CT molecular complexity index is 585. The molecule has 7 heteroatoms. The molecule has 1 aromatic heterocycles. The normalized spacial score (nSPS) is 12.9. The molecule has 1 amide bonds. The van der Waals surface area contributed by atoms with Crippen LogP contribution in [0.5, 0.6) is 0 Å². The van der Waals surface area contributed by atoms with Gasteiger partial charge in [-0.1, -0.05) is 12.1 Å². The third-order valence-electron chi connectivity index (χ3n) is 3.33. The first-order valence-electron chi connectivity index (χ1n) is 6.91. The van der Waals surface area contributed by atoms with Gasteiger partial charge in [0, 0.05) is 23.6 Å². The number of hydrogen-bond acceptors (Lipinski definition) is 3. The lowest BCUT2D eigenvalue weighted by Crippen LogP contribution is -2.29. The molecule has 0 unspecified atom stereocenters. The number of nitrogens with one attached hydrogen (secondary N) is 3. The van der Waals surface area contributed by atoms with E-state index in [1.807, 2.05) is 24.3 Å². The van der Waals surface area contributed by atoms with Gasteiger partial charge in [-0.15, -0.1) is 24.8 Å². The summed E-state index contributed by atoms with van der Waals surface area (Å²) in [5, 5.41) is 6.07. The summed E-state index contributed by atoms with van der Waals surface area (Å²) in [5.74, 6) is 1.57. The van der Waals surface area contributed by atoms with Gasteiger partial charge in [-0.25, -0.2) is 4.98 Å². The zero-order chi connectivity index (χ0) is 13.8. The Morgan fingerprint density at radius 1 is 1.32 bits per heavy atom. The summed E-state index contributed by atoms with van der Waals surface area (Å²) in [7, 11) is 0. The number of aromatic amines is 1. The number of carbonyl (C=O) groups excluding carboxylic acids is 1. The summed E-state index contributed by atoms with van der Waals surface area (Å²) in [6.07, 6.45) is 6.07. The van der Waals surface area contributed by atoms with E-state index in [0.717, 1.165) is 29.5 Å². The Hall–Kier alpha value is -1.56. The number of rotatable bonds is 6. The van der Waals surface area contributed by atoms with Crippen LogP contribution in [0.4, 0.5) is 5.69 Å². The summed E-state index contributed by atoms with van der Waals surface area (Å²) < 4.78 is 0. The molecular formula is C15H20Cl2N4O. The Balaban J connectivity index is 0.00000121. The number of anilines is 1. The number of nitrogens with zero attached hydrogens (tertiary/aromatic N) is 1. The first kappa shape index (κ1) is 18.5. The van der Waals surface area contributed by atoms with Crippen molar-refractivity contribution in [2.75, 3.05) is 18.4 Å². The molecular weight excluding hydrogens is 323 g/mol. The van der Waals surface area contributed by atoms with Crippen LogP contribution in [0.25, 0.3) is 11.4 Å². The van der Waals surface area contributed by atoms with Crippen molar-refractivity contribution in [3.63, 3.8) is 0 Å². The van der Waals surface area contributed by atoms with Crippen LogP contribution in [0, 0.1) is 5.92 Å². The van der Waals surface area contributed by atoms with Gasteiger partial charge in [-0.3, -0.25) is 4.79 Å². The summed E-state index contributed by atoms with van der Waals surface area (Å²) >= 11 is 0. The highest BCUT2D eigenvalue weighted by Gasteiger charge is 2.20. The van der Waals surface area contributed by atoms with Crippen molar-refractivity contribution >= 4 is 36.4 Å². The minimum absolute atomic E-state index is 0. The fourth-order valence-electron chi connectivity index (χ4n) is 2.08. The Morgan fingerprint density at radius 3 is 2.82 bits per heavy atom. The van der Waals surface area contributed by atoms with Gasteiger partial charge in [-0.2, -0.15) is 0 Å². The molecule has 5 nitrogen and oxygen atoms in total. The standard InChI is InChI=1S/C15H18N4O.2ClH/c20-14(10-16-9-11-4-5-11)19-13-3-1-2-12(8-13)15-17-6-7-18-15;;/h1-3,6-8,11,16H,4-5,9-10H2,(H,17,18)(H,19,20);2*1H. The number of amides is 1. The average Bonchev–Trinajstić information content (AvgIpc) is 3.10. The largest absolute Gasteiger partial charge is 0.345 e. The van der Waals surface area contributed by atoms with Crippen LogP contribution in [0.2, 0.25) is 0 Å². The first-order valence-corrected chi connectivity index (χ1v) is 6.91. The number of carbonyl (C=O) groups is 1. The molecule has 1 heterocycles. The van der Waals surface area contributed by atoms with E-state index in [1.54, 1.807) is 12.4 Å². The van der Waals surface area contributed by atoms with Crippen LogP contribution in [-0.2, 0) is 4.79 Å². The van der Waals surface area contributed by atoms with Crippen molar-refractivity contribution in [1.29, 1.82) is 0 Å². The van der Waals surface area contributed by atoms with Crippen molar-refractivity contribution in [3.8, 4) is 11.4 Å². The van der Waals surface area contributed by atoms with E-state index >= 15 is 0 Å². The van der Waals surface area contributed by atoms with E-state index in [9.17, 15) is 4.79 Å². The Morgan fingerprint density at radius 2 is 2.14 bits per heavy atom. The van der Waals surface area contributed by atoms with Crippen molar-refractivity contribution in [3.05, 3.63) is 36.7 Å². The van der Waals surface area contributed by atoms with Gasteiger partial charge in [0.2, 0.25) is 5.91 Å². The SMILES string of the molecule is Cl.Cl.O=C(CNCC1CC1)Nc1cccc(-c2ncc[nH]2)c1. The van der Waals surface area contributed by atoms with Crippen LogP contribution in [0.3, 0.4) is 0 Å². The van der Waals surface area contributed by atoms with E-state index in [0.29, 0.717) is 6.54 Å². The van der Waals surface area contributed by atoms with E-state index in [2.05, 4.69) is 20.6 Å². The Labute approximate surface area is 142 Å². The molecule has 0 aliphatic heterocycles. The predicted molar refractivity (Wildman–Crippen MR) is 92.7 cm³/mol. The quantitative estimate of drug-likeness (QED) is 0.755. The second-order valence-electron chi connectivity index (χ2n) is 5.14. The summed E-state index contributed by atoms with van der Waals surface area (Å²) in [6.45, 7) is 1.31. The molecule has 3 rings (SSSR count). The van der Waals surface area contributed by atoms with Crippen LogP contribution < -0.4 is 10.6 Å². The first-order chi connectivity index (χ1) is 9.81. The highest BCUT2D eigenvalue weighted by atomic mass is 35.5. The summed E-state index contributed by atoms with van der Waals surface area (Å²) in [5.41, 5.74) is 1.75. The maximum atomic E-state index is 11.8. The number of aromatic nitrogens is 2. The molecule has 1 aromatic carbocycles. The topological polar surface area (TPSA) is 69.8 Å². The molecule has 0 atom stereocenters. The number of imidazole rings is 1. The van der Waals surface area contributed by atoms with Gasteiger partial charge in [-0.05, 0) is 37.4 Å². The third kappa shape index (κ3) is 5.33. The van der Waals surface area contributed by atoms with Crippen LogP contribution in [0.15, 0.2) is 36.7 Å². The maximum absolute atomic E-state index is 11.8. The highest BCUT2D eigenvalue weighted by molar-refractivity contribution is 5.92. The van der Waals surface area contributed by atoms with Gasteiger partial charge in [0.05, 0.1) is 6.54 Å². The second-order valence-corrected chi connectivity index (χ2v) is 5.14. The molecule has 22 heavy (non-hydrogen) atoms.